The average Bonchev–Trinajstić information content (AvgIpc) is 2.45. The fourth-order valence-electron chi connectivity index (χ4n) is 1.78. The second-order valence-corrected chi connectivity index (χ2v) is 6.84. The first-order valence-corrected chi connectivity index (χ1v) is 8.95. The third-order valence-electron chi connectivity index (χ3n) is 2.95. The van der Waals surface area contributed by atoms with Crippen molar-refractivity contribution in [1.82, 2.24) is 0 Å². The zero-order valence-electron chi connectivity index (χ0n) is 11.5. The summed E-state index contributed by atoms with van der Waals surface area (Å²) in [6.45, 7) is 2.22. The second-order valence-electron chi connectivity index (χ2n) is 4.65. The van der Waals surface area contributed by atoms with Crippen molar-refractivity contribution < 1.29 is 5.11 Å². The number of aliphatic hydroxyl groups excluding tert-OH is 1. The van der Waals surface area contributed by atoms with Crippen molar-refractivity contribution in [3.63, 3.8) is 0 Å². The maximum absolute atomic E-state index is 10.1. The van der Waals surface area contributed by atoms with E-state index in [9.17, 15) is 5.11 Å². The maximum atomic E-state index is 10.1. The molecule has 0 aliphatic rings. The van der Waals surface area contributed by atoms with Gasteiger partial charge in [-0.05, 0) is 46.6 Å². The Labute approximate surface area is 135 Å². The first-order chi connectivity index (χ1) is 9.24. The standard InChI is InChI=1S/C16H23IOS/c1-2-3-4-5-9-12-16(18)15(17)13-19-14-10-7-6-8-11-14/h6-8,10-11,13,16,18H,2-5,9,12H2,1H3/b15-13-. The van der Waals surface area contributed by atoms with E-state index in [0.717, 1.165) is 16.4 Å². The van der Waals surface area contributed by atoms with Gasteiger partial charge in [0, 0.05) is 8.48 Å². The van der Waals surface area contributed by atoms with Crippen molar-refractivity contribution in [1.29, 1.82) is 0 Å². The number of hydrogen-bond donors (Lipinski definition) is 1. The van der Waals surface area contributed by atoms with Gasteiger partial charge in [0.2, 0.25) is 0 Å². The Balaban J connectivity index is 2.25. The van der Waals surface area contributed by atoms with E-state index in [-0.39, 0.29) is 6.10 Å². The highest BCUT2D eigenvalue weighted by Gasteiger charge is 2.07. The molecule has 1 rings (SSSR count). The van der Waals surface area contributed by atoms with E-state index in [4.69, 9.17) is 0 Å². The third kappa shape index (κ3) is 8.00. The Morgan fingerprint density at radius 3 is 2.58 bits per heavy atom. The van der Waals surface area contributed by atoms with Crippen molar-refractivity contribution in [2.45, 2.75) is 56.4 Å². The normalized spacial score (nSPS) is 13.5. The van der Waals surface area contributed by atoms with Crippen LogP contribution in [0.15, 0.2) is 44.2 Å². The number of benzene rings is 1. The number of halogens is 1. The van der Waals surface area contributed by atoms with E-state index in [2.05, 4.69) is 47.1 Å². The zero-order chi connectivity index (χ0) is 13.9. The summed E-state index contributed by atoms with van der Waals surface area (Å²) < 4.78 is 1.04. The molecule has 0 aliphatic heterocycles. The van der Waals surface area contributed by atoms with Crippen LogP contribution in [0.4, 0.5) is 0 Å². The maximum Gasteiger partial charge on any atom is 0.0851 e. The molecule has 0 aliphatic carbocycles. The molecule has 106 valence electrons. The highest BCUT2D eigenvalue weighted by Crippen LogP contribution is 2.26. The van der Waals surface area contributed by atoms with Crippen LogP contribution >= 0.6 is 34.4 Å². The fraction of sp³-hybridized carbons (Fsp3) is 0.500. The van der Waals surface area contributed by atoms with Gasteiger partial charge in [-0.1, -0.05) is 69.0 Å². The van der Waals surface area contributed by atoms with Crippen LogP contribution < -0.4 is 0 Å². The Morgan fingerprint density at radius 1 is 1.21 bits per heavy atom. The van der Waals surface area contributed by atoms with Crippen LogP contribution in [0, 0.1) is 0 Å². The topological polar surface area (TPSA) is 20.2 Å². The van der Waals surface area contributed by atoms with Crippen molar-refractivity contribution in [3.8, 4) is 0 Å². The van der Waals surface area contributed by atoms with E-state index in [0.29, 0.717) is 0 Å². The summed E-state index contributed by atoms with van der Waals surface area (Å²) in [5, 5.41) is 12.1. The summed E-state index contributed by atoms with van der Waals surface area (Å²) in [6, 6.07) is 10.3. The molecule has 3 heteroatoms. The Morgan fingerprint density at radius 2 is 1.89 bits per heavy atom. The Hall–Kier alpha value is -0.000000000000000111. The van der Waals surface area contributed by atoms with Crippen molar-refractivity contribution in [2.75, 3.05) is 0 Å². The highest BCUT2D eigenvalue weighted by molar-refractivity contribution is 14.1. The predicted octanol–water partition coefficient (Wildman–Crippen LogP) is 5.78. The molecule has 0 aromatic heterocycles. The van der Waals surface area contributed by atoms with Crippen LogP contribution in [0.3, 0.4) is 0 Å². The van der Waals surface area contributed by atoms with Gasteiger partial charge in [0.05, 0.1) is 6.10 Å². The number of rotatable bonds is 9. The van der Waals surface area contributed by atoms with Crippen LogP contribution in [0.25, 0.3) is 0 Å². The first-order valence-electron chi connectivity index (χ1n) is 6.99. The second kappa shape index (κ2) is 10.7. The summed E-state index contributed by atoms with van der Waals surface area (Å²) in [5.74, 6) is 0. The molecule has 1 aromatic rings. The summed E-state index contributed by atoms with van der Waals surface area (Å²) in [5.41, 5.74) is 0. The van der Waals surface area contributed by atoms with Gasteiger partial charge in [-0.3, -0.25) is 0 Å². The van der Waals surface area contributed by atoms with Gasteiger partial charge in [-0.2, -0.15) is 0 Å². The van der Waals surface area contributed by atoms with Gasteiger partial charge >= 0.3 is 0 Å². The Bertz CT molecular complexity index is 364. The highest BCUT2D eigenvalue weighted by atomic mass is 127. The van der Waals surface area contributed by atoms with Crippen molar-refractivity contribution in [3.05, 3.63) is 39.3 Å². The molecule has 1 atom stereocenters. The summed E-state index contributed by atoms with van der Waals surface area (Å²) >= 11 is 3.93. The van der Waals surface area contributed by atoms with Gasteiger partial charge in [-0.15, -0.1) is 0 Å². The molecule has 0 saturated heterocycles. The van der Waals surface area contributed by atoms with E-state index in [1.165, 1.54) is 30.6 Å². The zero-order valence-corrected chi connectivity index (χ0v) is 14.5. The lowest BCUT2D eigenvalue weighted by molar-refractivity contribution is 0.206. The molecular formula is C16H23IOS. The SMILES string of the molecule is CCCCCCCC(O)/C(I)=C/Sc1ccccc1. The minimum Gasteiger partial charge on any atom is -0.388 e. The van der Waals surface area contributed by atoms with E-state index in [1.807, 2.05) is 18.2 Å². The molecule has 0 heterocycles. The smallest absolute Gasteiger partial charge is 0.0851 e. The molecule has 1 nitrogen and oxygen atoms in total. The molecule has 0 amide bonds. The fourth-order valence-corrected chi connectivity index (χ4v) is 3.19. The first kappa shape index (κ1) is 17.1. The summed E-state index contributed by atoms with van der Waals surface area (Å²) in [4.78, 5) is 1.21. The van der Waals surface area contributed by atoms with Crippen molar-refractivity contribution >= 4 is 34.4 Å². The number of unbranched alkanes of at least 4 members (excludes halogenated alkanes) is 4. The van der Waals surface area contributed by atoms with Gasteiger partial charge in [0.1, 0.15) is 0 Å². The van der Waals surface area contributed by atoms with Crippen LogP contribution in [-0.4, -0.2) is 11.2 Å². The van der Waals surface area contributed by atoms with Gasteiger partial charge < -0.3 is 5.11 Å². The van der Waals surface area contributed by atoms with Crippen LogP contribution in [0.2, 0.25) is 0 Å². The quantitative estimate of drug-likeness (QED) is 0.328. The number of hydrogen-bond acceptors (Lipinski definition) is 2. The molecule has 1 unspecified atom stereocenters. The van der Waals surface area contributed by atoms with Crippen LogP contribution in [-0.2, 0) is 0 Å². The molecule has 1 aromatic carbocycles. The minimum absolute atomic E-state index is 0.293. The molecule has 0 bridgehead atoms. The molecule has 0 fully saturated rings. The lowest BCUT2D eigenvalue weighted by Gasteiger charge is -2.09. The van der Waals surface area contributed by atoms with Crippen LogP contribution in [0.1, 0.15) is 45.4 Å². The van der Waals surface area contributed by atoms with E-state index >= 15 is 0 Å². The van der Waals surface area contributed by atoms with Gasteiger partial charge in [0.25, 0.3) is 0 Å². The lowest BCUT2D eigenvalue weighted by atomic mass is 10.1. The van der Waals surface area contributed by atoms with Gasteiger partial charge in [0.15, 0.2) is 0 Å². The molecule has 0 radical (unpaired) electrons. The monoisotopic (exact) mass is 390 g/mol. The van der Waals surface area contributed by atoms with E-state index < -0.39 is 0 Å². The van der Waals surface area contributed by atoms with Crippen LogP contribution in [0.5, 0.6) is 0 Å². The van der Waals surface area contributed by atoms with Crippen molar-refractivity contribution in [2.24, 2.45) is 0 Å². The average molecular weight is 390 g/mol. The molecular weight excluding hydrogens is 367 g/mol. The third-order valence-corrected chi connectivity index (χ3v) is 5.32. The summed E-state index contributed by atoms with van der Waals surface area (Å²) in [6.07, 6.45) is 6.83. The largest absolute Gasteiger partial charge is 0.388 e. The number of aliphatic hydroxyl groups is 1. The summed E-state index contributed by atoms with van der Waals surface area (Å²) in [7, 11) is 0. The minimum atomic E-state index is -0.293. The number of thioether (sulfide) groups is 1. The van der Waals surface area contributed by atoms with Gasteiger partial charge in [-0.25, -0.2) is 0 Å². The Kier molecular flexibility index (Phi) is 9.65. The molecule has 1 N–H and O–H groups in total. The van der Waals surface area contributed by atoms with E-state index in [1.54, 1.807) is 11.8 Å². The predicted molar refractivity (Wildman–Crippen MR) is 93.8 cm³/mol. The molecule has 19 heavy (non-hydrogen) atoms. The molecule has 0 saturated carbocycles. The molecule has 0 spiro atoms. The lowest BCUT2D eigenvalue weighted by Crippen LogP contribution is -2.05.